The van der Waals surface area contributed by atoms with E-state index in [0.29, 0.717) is 15.1 Å². The Morgan fingerprint density at radius 2 is 1.37 bits per heavy atom. The molecule has 14 heteroatoms. The van der Waals surface area contributed by atoms with Crippen molar-refractivity contribution in [3.05, 3.63) is 73.4 Å². The van der Waals surface area contributed by atoms with Crippen molar-refractivity contribution in [1.29, 1.82) is 0 Å². The summed E-state index contributed by atoms with van der Waals surface area (Å²) in [4.78, 5) is 55.1. The predicted molar refractivity (Wildman–Crippen MR) is 142 cm³/mol. The number of aliphatic hydroxyl groups excluding tert-OH is 1. The summed E-state index contributed by atoms with van der Waals surface area (Å²) in [6.07, 6.45) is 0.284. The molecule has 3 amide bonds. The molecule has 38 heavy (non-hydrogen) atoms. The fourth-order valence-electron chi connectivity index (χ4n) is 2.66. The van der Waals surface area contributed by atoms with Crippen LogP contribution in [0.15, 0.2) is 42.2 Å². The van der Waals surface area contributed by atoms with Gasteiger partial charge in [0.05, 0.1) is 31.2 Å². The van der Waals surface area contributed by atoms with E-state index in [-0.39, 0.29) is 28.5 Å². The minimum atomic E-state index is -0.979. The van der Waals surface area contributed by atoms with Crippen LogP contribution in [0.3, 0.4) is 0 Å². The summed E-state index contributed by atoms with van der Waals surface area (Å²) in [5.74, 6) is -3.95. The molecule has 0 atom stereocenters. The number of halogens is 4. The Labute approximate surface area is 238 Å². The van der Waals surface area contributed by atoms with Crippen LogP contribution in [0.25, 0.3) is 5.57 Å². The van der Waals surface area contributed by atoms with E-state index < -0.39 is 29.5 Å². The Morgan fingerprint density at radius 3 is 1.76 bits per heavy atom. The Kier molecular flexibility index (Phi) is 13.1. The lowest BCUT2D eigenvalue weighted by Gasteiger charge is -2.07. The molecule has 0 saturated carbocycles. The molecule has 3 rings (SSSR count). The van der Waals surface area contributed by atoms with Crippen molar-refractivity contribution < 1.29 is 38.6 Å². The second-order valence-corrected chi connectivity index (χ2v) is 8.77. The van der Waals surface area contributed by atoms with E-state index >= 15 is 0 Å². The van der Waals surface area contributed by atoms with Gasteiger partial charge in [0.1, 0.15) is 0 Å². The van der Waals surface area contributed by atoms with Gasteiger partial charge in [0.15, 0.2) is 5.76 Å². The van der Waals surface area contributed by atoms with Crippen LogP contribution in [-0.2, 0) is 39.9 Å². The van der Waals surface area contributed by atoms with Crippen molar-refractivity contribution in [1.82, 2.24) is 10.2 Å². The highest BCUT2D eigenvalue weighted by Gasteiger charge is 2.37. The first-order valence-electron chi connectivity index (χ1n) is 10.3. The summed E-state index contributed by atoms with van der Waals surface area (Å²) in [5, 5.41) is 13.9. The highest BCUT2D eigenvalue weighted by atomic mass is 35.5. The smallest absolute Gasteiger partial charge is 0.417 e. The van der Waals surface area contributed by atoms with Gasteiger partial charge in [-0.3, -0.25) is 19.3 Å². The zero-order valence-electron chi connectivity index (χ0n) is 20.4. The number of aliphatic hydroxyl groups is 1. The van der Waals surface area contributed by atoms with Gasteiger partial charge < -0.3 is 19.9 Å². The summed E-state index contributed by atoms with van der Waals surface area (Å²) in [5.41, 5.74) is 0.973. The number of methoxy groups -OCH3 is 2. The predicted octanol–water partition coefficient (Wildman–Crippen LogP) is 3.88. The molecule has 0 saturated heterocycles. The topological polar surface area (TPSA) is 139 Å². The van der Waals surface area contributed by atoms with E-state index in [1.54, 1.807) is 25.2 Å². The third kappa shape index (κ3) is 8.91. The van der Waals surface area contributed by atoms with Gasteiger partial charge in [-0.2, -0.15) is 0 Å². The molecule has 1 aliphatic rings. The summed E-state index contributed by atoms with van der Waals surface area (Å²) < 4.78 is 7.98. The Hall–Kier alpha value is -3.31. The van der Waals surface area contributed by atoms with E-state index in [1.165, 1.54) is 25.2 Å². The number of ether oxygens (including phenoxy) is 2. The molecule has 0 unspecified atom stereocenters. The molecule has 1 aliphatic heterocycles. The van der Waals surface area contributed by atoms with Gasteiger partial charge in [0.2, 0.25) is 5.91 Å². The lowest BCUT2D eigenvalue weighted by Crippen LogP contribution is -2.26. The van der Waals surface area contributed by atoms with Crippen molar-refractivity contribution in [3.8, 4) is 0 Å². The van der Waals surface area contributed by atoms with Crippen LogP contribution in [0, 0.1) is 0 Å². The molecular formula is C24H22Cl4N2O8. The molecule has 204 valence electrons. The molecular weight excluding hydrogens is 586 g/mol. The first kappa shape index (κ1) is 32.7. The van der Waals surface area contributed by atoms with Crippen LogP contribution < -0.4 is 5.32 Å². The fraction of sp³-hybridized carbons (Fsp3) is 0.208. The summed E-state index contributed by atoms with van der Waals surface area (Å²) >= 11 is 23.2. The van der Waals surface area contributed by atoms with E-state index in [1.807, 2.05) is 0 Å². The molecule has 0 aromatic heterocycles. The third-order valence-electron chi connectivity index (χ3n) is 4.65. The number of esters is 2. The van der Waals surface area contributed by atoms with Gasteiger partial charge in [0, 0.05) is 34.7 Å². The second kappa shape index (κ2) is 15.2. The number of amides is 3. The zero-order chi connectivity index (χ0) is 29.2. The Bertz CT molecular complexity index is 1270. The van der Waals surface area contributed by atoms with Crippen LogP contribution in [0.1, 0.15) is 11.1 Å². The van der Waals surface area contributed by atoms with Gasteiger partial charge in [0.25, 0.3) is 11.8 Å². The number of nitrogens with one attached hydrogen (secondary N) is 1. The van der Waals surface area contributed by atoms with Gasteiger partial charge in [-0.1, -0.05) is 58.5 Å². The molecule has 2 N–H and O–H groups in total. The molecule has 2 aromatic rings. The maximum Gasteiger partial charge on any atom is 0.417 e. The van der Waals surface area contributed by atoms with E-state index in [2.05, 4.69) is 14.8 Å². The number of carbonyl (C=O) groups is 5. The molecule has 0 spiro atoms. The van der Waals surface area contributed by atoms with Crippen molar-refractivity contribution >= 4 is 81.6 Å². The van der Waals surface area contributed by atoms with Crippen LogP contribution in [0.5, 0.6) is 0 Å². The number of rotatable bonds is 3. The molecule has 0 aliphatic carbocycles. The number of hydrogen-bond donors (Lipinski definition) is 2. The van der Waals surface area contributed by atoms with Gasteiger partial charge >= 0.3 is 11.9 Å². The average Bonchev–Trinajstić information content (AvgIpc) is 3.07. The number of imide groups is 1. The van der Waals surface area contributed by atoms with Crippen molar-refractivity contribution in [2.24, 2.45) is 0 Å². The third-order valence-corrected chi connectivity index (χ3v) is 5.78. The van der Waals surface area contributed by atoms with E-state index in [9.17, 15) is 29.1 Å². The normalized spacial score (nSPS) is 12.2. The maximum atomic E-state index is 11.8. The van der Waals surface area contributed by atoms with Gasteiger partial charge in [-0.25, -0.2) is 9.59 Å². The van der Waals surface area contributed by atoms with Gasteiger partial charge in [-0.15, -0.1) is 0 Å². The number of benzene rings is 2. The largest absolute Gasteiger partial charge is 0.502 e. The van der Waals surface area contributed by atoms with Crippen molar-refractivity contribution in [2.45, 2.75) is 6.42 Å². The standard InChI is InChI=1S/C11H7Cl2NO3.C9H9Cl2NO.C4H6O4/c1-14-10(16)8(9(15)11(14)17)6-3-2-5(12)4-7(6)13;1-12-9(13)4-6-2-3-7(10)5-8(6)11;1-7-3(5)4(6)8-2/h2-4,15H,1H3;2-3,5H,4H2,1H3,(H,12,13);1-2H3. The van der Waals surface area contributed by atoms with Crippen molar-refractivity contribution in [2.75, 3.05) is 28.3 Å². The first-order chi connectivity index (χ1) is 17.8. The maximum absolute atomic E-state index is 11.8. The number of hydrogen-bond acceptors (Lipinski definition) is 8. The summed E-state index contributed by atoms with van der Waals surface area (Å²) in [6.45, 7) is 0. The first-order valence-corrected chi connectivity index (χ1v) is 11.8. The fourth-order valence-corrected chi connectivity index (χ4v) is 3.63. The summed E-state index contributed by atoms with van der Waals surface area (Å²) in [7, 11) is 5.10. The highest BCUT2D eigenvalue weighted by Crippen LogP contribution is 2.33. The summed E-state index contributed by atoms with van der Waals surface area (Å²) in [6, 6.07) is 9.54. The number of likely N-dealkylation sites (N-methyl/N-ethyl adjacent to an activating group) is 2. The molecule has 10 nitrogen and oxygen atoms in total. The zero-order valence-corrected chi connectivity index (χ0v) is 23.5. The van der Waals surface area contributed by atoms with E-state index in [4.69, 9.17) is 46.4 Å². The van der Waals surface area contributed by atoms with Gasteiger partial charge in [-0.05, 0) is 29.8 Å². The van der Waals surface area contributed by atoms with Crippen LogP contribution in [-0.4, -0.2) is 68.0 Å². The Morgan fingerprint density at radius 1 is 0.868 bits per heavy atom. The lowest BCUT2D eigenvalue weighted by molar-refractivity contribution is -0.164. The molecule has 0 fully saturated rings. The second-order valence-electron chi connectivity index (χ2n) is 7.09. The van der Waals surface area contributed by atoms with Crippen molar-refractivity contribution in [3.63, 3.8) is 0 Å². The van der Waals surface area contributed by atoms with Crippen LogP contribution >= 0.6 is 46.4 Å². The monoisotopic (exact) mass is 606 g/mol. The SMILES string of the molecule is CN1C(=O)C(O)=C(c2ccc(Cl)cc2Cl)C1=O.CNC(=O)Cc1ccc(Cl)cc1Cl.COC(=O)C(=O)OC. The number of nitrogens with zero attached hydrogens (tertiary/aromatic N) is 1. The molecule has 1 heterocycles. The molecule has 0 radical (unpaired) electrons. The number of carbonyl (C=O) groups excluding carboxylic acids is 5. The minimum absolute atomic E-state index is 0.0655. The highest BCUT2D eigenvalue weighted by molar-refractivity contribution is 6.41. The Balaban J connectivity index is 0.000000306. The van der Waals surface area contributed by atoms with Crippen LogP contribution in [0.4, 0.5) is 0 Å². The average molecular weight is 608 g/mol. The quantitative estimate of drug-likeness (QED) is 0.304. The van der Waals surface area contributed by atoms with Crippen LogP contribution in [0.2, 0.25) is 20.1 Å². The molecule has 2 aromatic carbocycles. The minimum Gasteiger partial charge on any atom is -0.502 e. The van der Waals surface area contributed by atoms with E-state index in [0.717, 1.165) is 24.7 Å². The lowest BCUT2D eigenvalue weighted by atomic mass is 10.1. The molecule has 0 bridgehead atoms.